The molecule has 0 N–H and O–H groups in total. The zero-order valence-corrected chi connectivity index (χ0v) is 12.8. The van der Waals surface area contributed by atoms with Gasteiger partial charge in [-0.05, 0) is 30.4 Å². The van der Waals surface area contributed by atoms with Crippen LogP contribution in [-0.2, 0) is 14.6 Å². The largest absolute Gasteiger partial charge is 0.381 e. The zero-order chi connectivity index (χ0) is 13.9. The summed E-state index contributed by atoms with van der Waals surface area (Å²) >= 11 is 3.40. The SMILES string of the molecule is O=S(=O)(CC1(CBr)CCOCC1)c1ccccc1F. The van der Waals surface area contributed by atoms with Crippen molar-refractivity contribution < 1.29 is 17.5 Å². The van der Waals surface area contributed by atoms with E-state index in [1.54, 1.807) is 6.07 Å². The van der Waals surface area contributed by atoms with E-state index in [2.05, 4.69) is 15.9 Å². The molecule has 1 saturated heterocycles. The molecule has 1 aromatic rings. The number of benzene rings is 1. The second-order valence-corrected chi connectivity index (χ2v) is 7.45. The summed E-state index contributed by atoms with van der Waals surface area (Å²) in [5.41, 5.74) is -0.362. The molecule has 3 nitrogen and oxygen atoms in total. The summed E-state index contributed by atoms with van der Waals surface area (Å²) in [5.74, 6) is -0.727. The minimum absolute atomic E-state index is 0.0461. The van der Waals surface area contributed by atoms with Crippen molar-refractivity contribution in [1.29, 1.82) is 0 Å². The van der Waals surface area contributed by atoms with E-state index in [1.807, 2.05) is 0 Å². The monoisotopic (exact) mass is 350 g/mol. The average Bonchev–Trinajstić information content (AvgIpc) is 2.39. The first-order chi connectivity index (χ1) is 8.99. The standard InChI is InChI=1S/C13H16BrFO3S/c14-9-13(5-7-18-8-6-13)10-19(16,17)12-4-2-1-3-11(12)15/h1-4H,5-10H2. The third-order valence-corrected chi connectivity index (χ3v) is 6.69. The van der Waals surface area contributed by atoms with E-state index in [1.165, 1.54) is 18.2 Å². The van der Waals surface area contributed by atoms with E-state index in [9.17, 15) is 12.8 Å². The van der Waals surface area contributed by atoms with Crippen molar-refractivity contribution in [3.8, 4) is 0 Å². The van der Waals surface area contributed by atoms with Crippen molar-refractivity contribution in [2.45, 2.75) is 17.7 Å². The first-order valence-electron chi connectivity index (χ1n) is 6.10. The number of alkyl halides is 1. The first kappa shape index (κ1) is 14.9. The van der Waals surface area contributed by atoms with Crippen molar-refractivity contribution in [3.05, 3.63) is 30.1 Å². The van der Waals surface area contributed by atoms with Crippen molar-refractivity contribution in [3.63, 3.8) is 0 Å². The molecule has 0 amide bonds. The minimum Gasteiger partial charge on any atom is -0.381 e. The lowest BCUT2D eigenvalue weighted by atomic mass is 9.85. The van der Waals surface area contributed by atoms with E-state index in [-0.39, 0.29) is 16.1 Å². The normalized spacial score (nSPS) is 19.3. The van der Waals surface area contributed by atoms with Gasteiger partial charge in [0.2, 0.25) is 0 Å². The van der Waals surface area contributed by atoms with Crippen LogP contribution in [0, 0.1) is 11.2 Å². The molecular weight excluding hydrogens is 335 g/mol. The quantitative estimate of drug-likeness (QED) is 0.784. The maximum absolute atomic E-state index is 13.7. The molecule has 0 unspecified atom stereocenters. The Kier molecular flexibility index (Phi) is 4.63. The first-order valence-corrected chi connectivity index (χ1v) is 8.88. The summed E-state index contributed by atoms with van der Waals surface area (Å²) in [6.45, 7) is 1.11. The third-order valence-electron chi connectivity index (χ3n) is 3.50. The van der Waals surface area contributed by atoms with Crippen LogP contribution in [0.2, 0.25) is 0 Å². The number of hydrogen-bond donors (Lipinski definition) is 0. The lowest BCUT2D eigenvalue weighted by Crippen LogP contribution is -2.37. The molecule has 19 heavy (non-hydrogen) atoms. The van der Waals surface area contributed by atoms with E-state index in [0.717, 1.165) is 0 Å². The molecule has 1 fully saturated rings. The molecule has 1 heterocycles. The molecule has 1 aliphatic rings. The molecule has 0 saturated carbocycles. The molecule has 0 aliphatic carbocycles. The van der Waals surface area contributed by atoms with Crippen molar-refractivity contribution in [1.82, 2.24) is 0 Å². The van der Waals surface area contributed by atoms with Crippen LogP contribution in [0.5, 0.6) is 0 Å². The molecular formula is C13H16BrFO3S. The van der Waals surface area contributed by atoms with Crippen LogP contribution in [-0.4, -0.2) is 32.7 Å². The molecule has 106 valence electrons. The molecule has 0 atom stereocenters. The average molecular weight is 351 g/mol. The van der Waals surface area contributed by atoms with Gasteiger partial charge in [0.05, 0.1) is 5.75 Å². The molecule has 1 aromatic carbocycles. The van der Waals surface area contributed by atoms with Crippen LogP contribution in [0.25, 0.3) is 0 Å². The highest BCUT2D eigenvalue weighted by Crippen LogP contribution is 2.36. The fourth-order valence-electron chi connectivity index (χ4n) is 2.30. The minimum atomic E-state index is -3.62. The Morgan fingerprint density at radius 2 is 1.89 bits per heavy atom. The Morgan fingerprint density at radius 1 is 1.26 bits per heavy atom. The molecule has 0 bridgehead atoms. The van der Waals surface area contributed by atoms with Gasteiger partial charge in [-0.15, -0.1) is 0 Å². The number of sulfone groups is 1. The van der Waals surface area contributed by atoms with Gasteiger partial charge < -0.3 is 4.74 Å². The van der Waals surface area contributed by atoms with E-state index < -0.39 is 15.7 Å². The smallest absolute Gasteiger partial charge is 0.181 e. The highest BCUT2D eigenvalue weighted by Gasteiger charge is 2.37. The molecule has 0 spiro atoms. The van der Waals surface area contributed by atoms with Crippen LogP contribution < -0.4 is 0 Å². The Balaban J connectivity index is 2.28. The van der Waals surface area contributed by atoms with Gasteiger partial charge in [0, 0.05) is 18.5 Å². The van der Waals surface area contributed by atoms with Gasteiger partial charge in [0.25, 0.3) is 0 Å². The highest BCUT2D eigenvalue weighted by molar-refractivity contribution is 9.09. The molecule has 0 radical (unpaired) electrons. The lowest BCUT2D eigenvalue weighted by molar-refractivity contribution is 0.0367. The van der Waals surface area contributed by atoms with E-state index >= 15 is 0 Å². The van der Waals surface area contributed by atoms with E-state index in [0.29, 0.717) is 31.4 Å². The van der Waals surface area contributed by atoms with Crippen molar-refractivity contribution in [2.75, 3.05) is 24.3 Å². The zero-order valence-electron chi connectivity index (χ0n) is 10.4. The van der Waals surface area contributed by atoms with Crippen LogP contribution in [0.3, 0.4) is 0 Å². The summed E-state index contributed by atoms with van der Waals surface area (Å²) in [7, 11) is -3.62. The second-order valence-electron chi connectivity index (χ2n) is 4.94. The summed E-state index contributed by atoms with van der Waals surface area (Å²) < 4.78 is 43.7. The Morgan fingerprint density at radius 3 is 2.47 bits per heavy atom. The third kappa shape index (κ3) is 3.35. The molecule has 2 rings (SSSR count). The van der Waals surface area contributed by atoms with Crippen molar-refractivity contribution >= 4 is 25.8 Å². The molecule has 0 aromatic heterocycles. The number of ether oxygens (including phenoxy) is 1. The number of hydrogen-bond acceptors (Lipinski definition) is 3. The molecule has 6 heteroatoms. The maximum Gasteiger partial charge on any atom is 0.181 e. The van der Waals surface area contributed by atoms with Gasteiger partial charge in [0.1, 0.15) is 10.7 Å². The van der Waals surface area contributed by atoms with Gasteiger partial charge in [-0.25, -0.2) is 12.8 Å². The fraction of sp³-hybridized carbons (Fsp3) is 0.538. The van der Waals surface area contributed by atoms with Gasteiger partial charge in [-0.2, -0.15) is 0 Å². The Hall–Kier alpha value is -0.460. The topological polar surface area (TPSA) is 43.4 Å². The van der Waals surface area contributed by atoms with Gasteiger partial charge in [-0.3, -0.25) is 0 Å². The Bertz CT molecular complexity index is 539. The number of rotatable bonds is 4. The van der Waals surface area contributed by atoms with Crippen LogP contribution in [0.4, 0.5) is 4.39 Å². The predicted octanol–water partition coefficient (Wildman–Crippen LogP) is 2.79. The summed E-state index contributed by atoms with van der Waals surface area (Å²) in [5, 5.41) is 0.580. The van der Waals surface area contributed by atoms with Gasteiger partial charge >= 0.3 is 0 Å². The predicted molar refractivity (Wildman–Crippen MR) is 74.7 cm³/mol. The van der Waals surface area contributed by atoms with Crippen molar-refractivity contribution in [2.24, 2.45) is 5.41 Å². The lowest BCUT2D eigenvalue weighted by Gasteiger charge is -2.35. The van der Waals surface area contributed by atoms with Crippen LogP contribution in [0.15, 0.2) is 29.2 Å². The van der Waals surface area contributed by atoms with E-state index in [4.69, 9.17) is 4.74 Å². The van der Waals surface area contributed by atoms with Gasteiger partial charge in [0.15, 0.2) is 9.84 Å². The number of halogens is 2. The fourth-order valence-corrected chi connectivity index (χ4v) is 5.32. The second kappa shape index (κ2) is 5.89. The summed E-state index contributed by atoms with van der Waals surface area (Å²) in [6.07, 6.45) is 1.35. The Labute approximate surface area is 121 Å². The maximum atomic E-state index is 13.7. The summed E-state index contributed by atoms with van der Waals surface area (Å²) in [6, 6.07) is 5.54. The molecule has 1 aliphatic heterocycles. The van der Waals surface area contributed by atoms with Crippen LogP contribution >= 0.6 is 15.9 Å². The highest BCUT2D eigenvalue weighted by atomic mass is 79.9. The summed E-state index contributed by atoms with van der Waals surface area (Å²) in [4.78, 5) is -0.207. The van der Waals surface area contributed by atoms with Crippen LogP contribution in [0.1, 0.15) is 12.8 Å². The van der Waals surface area contributed by atoms with Gasteiger partial charge in [-0.1, -0.05) is 28.1 Å².